The highest BCUT2D eigenvalue weighted by atomic mass is 35.5. The lowest BCUT2D eigenvalue weighted by molar-refractivity contribution is 0.0410. The standard InChI is InChI=1S/C17H25ClN2O/c18-14-6-8-15(9-7-14)19-10-12-20(13-11-19)16-4-2-1-3-5-17(16)21/h6-9,16-17,21H,1-5,10-13H2. The van der Waals surface area contributed by atoms with E-state index in [-0.39, 0.29) is 6.10 Å². The molecule has 0 aromatic heterocycles. The molecule has 2 atom stereocenters. The minimum atomic E-state index is -0.130. The predicted octanol–water partition coefficient (Wildman–Crippen LogP) is 3.16. The van der Waals surface area contributed by atoms with Gasteiger partial charge in [0.2, 0.25) is 0 Å². The molecular weight excluding hydrogens is 284 g/mol. The Balaban J connectivity index is 1.58. The van der Waals surface area contributed by atoms with Crippen molar-refractivity contribution in [3.8, 4) is 0 Å². The van der Waals surface area contributed by atoms with Gasteiger partial charge in [0.05, 0.1) is 6.10 Å². The van der Waals surface area contributed by atoms with Gasteiger partial charge >= 0.3 is 0 Å². The molecule has 2 aliphatic rings. The summed E-state index contributed by atoms with van der Waals surface area (Å²) in [7, 11) is 0. The van der Waals surface area contributed by atoms with Crippen molar-refractivity contribution in [3.05, 3.63) is 29.3 Å². The van der Waals surface area contributed by atoms with Gasteiger partial charge in [-0.1, -0.05) is 30.9 Å². The fourth-order valence-corrected chi connectivity index (χ4v) is 3.78. The van der Waals surface area contributed by atoms with E-state index >= 15 is 0 Å². The van der Waals surface area contributed by atoms with Gasteiger partial charge < -0.3 is 10.0 Å². The Morgan fingerprint density at radius 1 is 0.905 bits per heavy atom. The molecular formula is C17H25ClN2O. The predicted molar refractivity (Wildman–Crippen MR) is 88.1 cm³/mol. The molecule has 2 fully saturated rings. The summed E-state index contributed by atoms with van der Waals surface area (Å²) in [5.41, 5.74) is 1.25. The lowest BCUT2D eigenvalue weighted by Crippen LogP contribution is -2.53. The molecule has 0 amide bonds. The number of rotatable bonds is 2. The van der Waals surface area contributed by atoms with E-state index in [0.29, 0.717) is 6.04 Å². The number of halogens is 1. The smallest absolute Gasteiger partial charge is 0.0695 e. The van der Waals surface area contributed by atoms with Crippen LogP contribution >= 0.6 is 11.6 Å². The van der Waals surface area contributed by atoms with Crippen LogP contribution in [-0.4, -0.2) is 48.3 Å². The normalized spacial score (nSPS) is 28.4. The second kappa shape index (κ2) is 6.99. The van der Waals surface area contributed by atoms with Gasteiger partial charge in [0.1, 0.15) is 0 Å². The van der Waals surface area contributed by atoms with Crippen LogP contribution in [0.15, 0.2) is 24.3 Å². The number of aliphatic hydroxyl groups is 1. The Bertz CT molecular complexity index is 443. The molecule has 116 valence electrons. The zero-order chi connectivity index (χ0) is 14.7. The molecule has 0 spiro atoms. The molecule has 1 saturated heterocycles. The molecule has 3 rings (SSSR count). The fraction of sp³-hybridized carbons (Fsp3) is 0.647. The van der Waals surface area contributed by atoms with E-state index in [9.17, 15) is 5.11 Å². The van der Waals surface area contributed by atoms with E-state index < -0.39 is 0 Å². The third kappa shape index (κ3) is 3.71. The summed E-state index contributed by atoms with van der Waals surface area (Å²) in [6, 6.07) is 8.48. The molecule has 1 aliphatic carbocycles. The molecule has 1 aliphatic heterocycles. The Kier molecular flexibility index (Phi) is 5.04. The van der Waals surface area contributed by atoms with Crippen LogP contribution in [0.4, 0.5) is 5.69 Å². The highest BCUT2D eigenvalue weighted by molar-refractivity contribution is 6.30. The first-order valence-electron chi connectivity index (χ1n) is 8.17. The first kappa shape index (κ1) is 15.1. The zero-order valence-corrected chi connectivity index (χ0v) is 13.3. The summed E-state index contributed by atoms with van der Waals surface area (Å²) in [6.45, 7) is 4.16. The minimum Gasteiger partial charge on any atom is -0.391 e. The van der Waals surface area contributed by atoms with Crippen LogP contribution in [-0.2, 0) is 0 Å². The number of piperazine rings is 1. The first-order valence-corrected chi connectivity index (χ1v) is 8.54. The maximum Gasteiger partial charge on any atom is 0.0695 e. The molecule has 0 radical (unpaired) electrons. The van der Waals surface area contributed by atoms with Crippen LogP contribution in [0.3, 0.4) is 0 Å². The van der Waals surface area contributed by atoms with Crippen molar-refractivity contribution in [1.82, 2.24) is 4.90 Å². The summed E-state index contributed by atoms with van der Waals surface area (Å²) in [5.74, 6) is 0. The topological polar surface area (TPSA) is 26.7 Å². The molecule has 1 aromatic rings. The van der Waals surface area contributed by atoms with Crippen LogP contribution in [0.2, 0.25) is 5.02 Å². The van der Waals surface area contributed by atoms with E-state index in [1.165, 1.54) is 24.9 Å². The van der Waals surface area contributed by atoms with Crippen LogP contribution in [0, 0.1) is 0 Å². The molecule has 1 heterocycles. The molecule has 2 unspecified atom stereocenters. The van der Waals surface area contributed by atoms with Crippen molar-refractivity contribution in [1.29, 1.82) is 0 Å². The minimum absolute atomic E-state index is 0.130. The second-order valence-electron chi connectivity index (χ2n) is 6.27. The van der Waals surface area contributed by atoms with Crippen LogP contribution < -0.4 is 4.90 Å². The molecule has 0 bridgehead atoms. The maximum atomic E-state index is 10.3. The number of nitrogens with zero attached hydrogens (tertiary/aromatic N) is 2. The average Bonchev–Trinajstić information content (AvgIpc) is 2.73. The summed E-state index contributed by atoms with van der Waals surface area (Å²) in [6.07, 6.45) is 5.72. The molecule has 21 heavy (non-hydrogen) atoms. The largest absolute Gasteiger partial charge is 0.391 e. The van der Waals surface area contributed by atoms with Gasteiger partial charge in [0, 0.05) is 42.9 Å². The van der Waals surface area contributed by atoms with E-state index in [1.807, 2.05) is 12.1 Å². The van der Waals surface area contributed by atoms with E-state index in [0.717, 1.165) is 44.0 Å². The number of hydrogen-bond acceptors (Lipinski definition) is 3. The summed E-state index contributed by atoms with van der Waals surface area (Å²) in [5, 5.41) is 11.1. The number of anilines is 1. The molecule has 1 aromatic carbocycles. The van der Waals surface area contributed by atoms with Gasteiger partial charge in [0.15, 0.2) is 0 Å². The Morgan fingerprint density at radius 2 is 1.57 bits per heavy atom. The van der Waals surface area contributed by atoms with E-state index in [1.54, 1.807) is 0 Å². The summed E-state index contributed by atoms with van der Waals surface area (Å²) >= 11 is 5.95. The Hall–Kier alpha value is -0.770. The van der Waals surface area contributed by atoms with Crippen molar-refractivity contribution >= 4 is 17.3 Å². The van der Waals surface area contributed by atoms with Gasteiger partial charge in [-0.25, -0.2) is 0 Å². The van der Waals surface area contributed by atoms with Crippen LogP contribution in [0.5, 0.6) is 0 Å². The van der Waals surface area contributed by atoms with Crippen LogP contribution in [0.25, 0.3) is 0 Å². The van der Waals surface area contributed by atoms with Gasteiger partial charge in [0.25, 0.3) is 0 Å². The monoisotopic (exact) mass is 308 g/mol. The van der Waals surface area contributed by atoms with Crippen LogP contribution in [0.1, 0.15) is 32.1 Å². The second-order valence-corrected chi connectivity index (χ2v) is 6.71. The Morgan fingerprint density at radius 3 is 2.29 bits per heavy atom. The summed E-state index contributed by atoms with van der Waals surface area (Å²) < 4.78 is 0. The zero-order valence-electron chi connectivity index (χ0n) is 12.5. The third-order valence-electron chi connectivity index (χ3n) is 4.92. The van der Waals surface area contributed by atoms with Crippen molar-refractivity contribution in [2.45, 2.75) is 44.2 Å². The molecule has 1 saturated carbocycles. The molecule has 3 nitrogen and oxygen atoms in total. The average molecular weight is 309 g/mol. The van der Waals surface area contributed by atoms with Gasteiger partial charge in [-0.3, -0.25) is 4.90 Å². The number of hydrogen-bond donors (Lipinski definition) is 1. The van der Waals surface area contributed by atoms with Crippen molar-refractivity contribution in [3.63, 3.8) is 0 Å². The quantitative estimate of drug-likeness (QED) is 0.850. The lowest BCUT2D eigenvalue weighted by Gasteiger charge is -2.41. The SMILES string of the molecule is OC1CCCCCC1N1CCN(c2ccc(Cl)cc2)CC1. The highest BCUT2D eigenvalue weighted by Gasteiger charge is 2.29. The molecule has 4 heteroatoms. The van der Waals surface area contributed by atoms with E-state index in [4.69, 9.17) is 11.6 Å². The first-order chi connectivity index (χ1) is 10.2. The van der Waals surface area contributed by atoms with Gasteiger partial charge in [-0.2, -0.15) is 0 Å². The molecule has 1 N–H and O–H groups in total. The van der Waals surface area contributed by atoms with E-state index in [2.05, 4.69) is 21.9 Å². The number of aliphatic hydroxyl groups excluding tert-OH is 1. The van der Waals surface area contributed by atoms with Crippen molar-refractivity contribution in [2.24, 2.45) is 0 Å². The fourth-order valence-electron chi connectivity index (χ4n) is 3.66. The summed E-state index contributed by atoms with van der Waals surface area (Å²) in [4.78, 5) is 4.91. The van der Waals surface area contributed by atoms with Crippen molar-refractivity contribution < 1.29 is 5.11 Å². The third-order valence-corrected chi connectivity index (χ3v) is 5.17. The van der Waals surface area contributed by atoms with Crippen molar-refractivity contribution in [2.75, 3.05) is 31.1 Å². The van der Waals surface area contributed by atoms with Gasteiger partial charge in [-0.15, -0.1) is 0 Å². The lowest BCUT2D eigenvalue weighted by atomic mass is 10.0. The highest BCUT2D eigenvalue weighted by Crippen LogP contribution is 2.25. The maximum absolute atomic E-state index is 10.3. The van der Waals surface area contributed by atoms with Gasteiger partial charge in [-0.05, 0) is 37.1 Å². The Labute approximate surface area is 132 Å². The number of benzene rings is 1.